The normalized spacial score (nSPS) is 24.6. The van der Waals surface area contributed by atoms with Gasteiger partial charge in [0.05, 0.1) is 6.04 Å². The van der Waals surface area contributed by atoms with Crippen molar-refractivity contribution < 1.29 is 14.2 Å². The Balaban J connectivity index is 1.71. The SMILES string of the molecule is c1ccc2c(c1)CN[C@@H]1COc3cc4c(cc3[C@H]21)OCO4. The molecule has 0 saturated carbocycles. The highest BCUT2D eigenvalue weighted by Gasteiger charge is 2.37. The maximum Gasteiger partial charge on any atom is 0.231 e. The molecule has 0 bridgehead atoms. The van der Waals surface area contributed by atoms with Gasteiger partial charge in [-0.15, -0.1) is 0 Å². The van der Waals surface area contributed by atoms with Gasteiger partial charge in [-0.25, -0.2) is 0 Å². The molecule has 3 aliphatic heterocycles. The lowest BCUT2D eigenvalue weighted by molar-refractivity contribution is 0.173. The molecule has 0 aromatic heterocycles. The first-order valence-electron chi connectivity index (χ1n) is 7.28. The van der Waals surface area contributed by atoms with E-state index in [1.165, 1.54) is 16.7 Å². The quantitative estimate of drug-likeness (QED) is 0.805. The Morgan fingerprint density at radius 2 is 1.76 bits per heavy atom. The summed E-state index contributed by atoms with van der Waals surface area (Å²) >= 11 is 0. The van der Waals surface area contributed by atoms with Crippen LogP contribution in [0.25, 0.3) is 0 Å². The third-order valence-electron chi connectivity index (χ3n) is 4.61. The fourth-order valence-corrected chi connectivity index (χ4v) is 3.60. The van der Waals surface area contributed by atoms with Crippen molar-refractivity contribution in [1.29, 1.82) is 0 Å². The summed E-state index contributed by atoms with van der Waals surface area (Å²) in [6.45, 7) is 1.88. The van der Waals surface area contributed by atoms with Crippen LogP contribution in [0, 0.1) is 0 Å². The van der Waals surface area contributed by atoms with Crippen LogP contribution in [0.15, 0.2) is 36.4 Å². The van der Waals surface area contributed by atoms with Gasteiger partial charge in [-0.2, -0.15) is 0 Å². The highest BCUT2D eigenvalue weighted by Crippen LogP contribution is 2.47. The van der Waals surface area contributed by atoms with Gasteiger partial charge in [-0.05, 0) is 17.2 Å². The van der Waals surface area contributed by atoms with Crippen molar-refractivity contribution in [3.8, 4) is 17.2 Å². The second-order valence-corrected chi connectivity index (χ2v) is 5.72. The van der Waals surface area contributed by atoms with Gasteiger partial charge < -0.3 is 19.5 Å². The van der Waals surface area contributed by atoms with E-state index < -0.39 is 0 Å². The van der Waals surface area contributed by atoms with Crippen molar-refractivity contribution in [3.63, 3.8) is 0 Å². The lowest BCUT2D eigenvalue weighted by Gasteiger charge is -2.39. The molecule has 2 aromatic carbocycles. The van der Waals surface area contributed by atoms with Crippen LogP contribution in [0.2, 0.25) is 0 Å². The summed E-state index contributed by atoms with van der Waals surface area (Å²) in [7, 11) is 0. The predicted octanol–water partition coefficient (Wildman–Crippen LogP) is 2.41. The summed E-state index contributed by atoms with van der Waals surface area (Å²) in [6.07, 6.45) is 0. The van der Waals surface area contributed by atoms with Gasteiger partial charge in [-0.1, -0.05) is 24.3 Å². The largest absolute Gasteiger partial charge is 0.491 e. The van der Waals surface area contributed by atoms with E-state index in [9.17, 15) is 0 Å². The van der Waals surface area contributed by atoms with Crippen LogP contribution in [0.3, 0.4) is 0 Å². The summed E-state index contributed by atoms with van der Waals surface area (Å²) in [5.74, 6) is 2.83. The van der Waals surface area contributed by atoms with E-state index in [1.807, 2.05) is 6.07 Å². The minimum absolute atomic E-state index is 0.293. The molecule has 3 heterocycles. The summed E-state index contributed by atoms with van der Waals surface area (Å²) in [5.41, 5.74) is 3.95. The Bertz CT molecular complexity index is 728. The number of hydrogen-bond acceptors (Lipinski definition) is 4. The van der Waals surface area contributed by atoms with Gasteiger partial charge in [0.1, 0.15) is 12.4 Å². The molecule has 0 fully saturated rings. The number of benzene rings is 2. The molecule has 2 aromatic rings. The van der Waals surface area contributed by atoms with Crippen LogP contribution in [-0.2, 0) is 6.54 Å². The second kappa shape index (κ2) is 4.15. The fraction of sp³-hybridized carbons (Fsp3) is 0.294. The van der Waals surface area contributed by atoms with Crippen molar-refractivity contribution >= 4 is 0 Å². The number of nitrogens with one attached hydrogen (secondary N) is 1. The van der Waals surface area contributed by atoms with E-state index in [0.29, 0.717) is 25.4 Å². The molecule has 0 aliphatic carbocycles. The second-order valence-electron chi connectivity index (χ2n) is 5.72. The van der Waals surface area contributed by atoms with Gasteiger partial charge in [0.2, 0.25) is 6.79 Å². The predicted molar refractivity (Wildman–Crippen MR) is 77.0 cm³/mol. The smallest absolute Gasteiger partial charge is 0.231 e. The molecule has 0 amide bonds. The van der Waals surface area contributed by atoms with E-state index in [2.05, 4.69) is 35.6 Å². The molecule has 0 spiro atoms. The minimum atomic E-state index is 0.293. The molecule has 106 valence electrons. The van der Waals surface area contributed by atoms with E-state index in [-0.39, 0.29) is 0 Å². The number of rotatable bonds is 0. The van der Waals surface area contributed by atoms with E-state index in [4.69, 9.17) is 14.2 Å². The van der Waals surface area contributed by atoms with Crippen molar-refractivity contribution in [1.82, 2.24) is 5.32 Å². The lowest BCUT2D eigenvalue weighted by Crippen LogP contribution is -2.46. The Hall–Kier alpha value is -2.20. The summed E-state index contributed by atoms with van der Waals surface area (Å²) in [4.78, 5) is 0. The zero-order valence-electron chi connectivity index (χ0n) is 11.5. The highest BCUT2D eigenvalue weighted by atomic mass is 16.7. The molecule has 0 unspecified atom stereocenters. The number of fused-ring (bicyclic) bond motifs is 6. The maximum atomic E-state index is 5.94. The van der Waals surface area contributed by atoms with Crippen LogP contribution < -0.4 is 19.5 Å². The van der Waals surface area contributed by atoms with E-state index in [1.54, 1.807) is 0 Å². The first kappa shape index (κ1) is 11.5. The monoisotopic (exact) mass is 281 g/mol. The molecule has 3 aliphatic rings. The van der Waals surface area contributed by atoms with Crippen molar-refractivity contribution in [2.45, 2.75) is 18.5 Å². The summed E-state index contributed by atoms with van der Waals surface area (Å²) in [5, 5.41) is 3.59. The zero-order valence-corrected chi connectivity index (χ0v) is 11.5. The van der Waals surface area contributed by atoms with Gasteiger partial charge >= 0.3 is 0 Å². The van der Waals surface area contributed by atoms with Crippen LogP contribution in [-0.4, -0.2) is 19.4 Å². The molecule has 4 heteroatoms. The third kappa shape index (κ3) is 1.59. The Morgan fingerprint density at radius 1 is 0.905 bits per heavy atom. The first-order valence-corrected chi connectivity index (χ1v) is 7.28. The molecule has 0 radical (unpaired) electrons. The highest BCUT2D eigenvalue weighted by molar-refractivity contribution is 5.57. The number of ether oxygens (including phenoxy) is 3. The molecule has 4 nitrogen and oxygen atoms in total. The average molecular weight is 281 g/mol. The molecule has 2 atom stereocenters. The van der Waals surface area contributed by atoms with Gasteiger partial charge in [-0.3, -0.25) is 0 Å². The van der Waals surface area contributed by atoms with Crippen LogP contribution in [0.4, 0.5) is 0 Å². The first-order chi connectivity index (χ1) is 10.4. The van der Waals surface area contributed by atoms with Crippen LogP contribution in [0.1, 0.15) is 22.6 Å². The zero-order chi connectivity index (χ0) is 13.8. The summed E-state index contributed by atoms with van der Waals surface area (Å²) in [6, 6.07) is 13.0. The molecular weight excluding hydrogens is 266 g/mol. The molecule has 0 saturated heterocycles. The Kier molecular flexibility index (Phi) is 2.26. The van der Waals surface area contributed by atoms with Crippen LogP contribution in [0.5, 0.6) is 17.2 Å². The third-order valence-corrected chi connectivity index (χ3v) is 4.61. The van der Waals surface area contributed by atoms with Crippen LogP contribution >= 0.6 is 0 Å². The van der Waals surface area contributed by atoms with Gasteiger partial charge in [0, 0.05) is 24.1 Å². The van der Waals surface area contributed by atoms with Gasteiger partial charge in [0.15, 0.2) is 11.5 Å². The minimum Gasteiger partial charge on any atom is -0.491 e. The topological polar surface area (TPSA) is 39.7 Å². The number of hydrogen-bond donors (Lipinski definition) is 1. The maximum absolute atomic E-state index is 5.94. The molecule has 5 rings (SSSR count). The molecular formula is C17H15NO3. The van der Waals surface area contributed by atoms with E-state index in [0.717, 1.165) is 23.8 Å². The molecule has 21 heavy (non-hydrogen) atoms. The van der Waals surface area contributed by atoms with Crippen molar-refractivity contribution in [3.05, 3.63) is 53.1 Å². The van der Waals surface area contributed by atoms with Crippen molar-refractivity contribution in [2.75, 3.05) is 13.4 Å². The standard InChI is InChI=1S/C17H15NO3/c1-2-4-11-10(3-1)7-18-13-8-19-14-6-16-15(20-9-21-16)5-12(14)17(11)13/h1-6,13,17-18H,7-9H2/t13-,17+/m1/s1. The average Bonchev–Trinajstić information content (AvgIpc) is 2.99. The Morgan fingerprint density at radius 3 is 2.71 bits per heavy atom. The molecule has 1 N–H and O–H groups in total. The fourth-order valence-electron chi connectivity index (χ4n) is 3.60. The lowest BCUT2D eigenvalue weighted by atomic mass is 9.78. The Labute approximate surface area is 122 Å². The van der Waals surface area contributed by atoms with E-state index >= 15 is 0 Å². The van der Waals surface area contributed by atoms with Gasteiger partial charge in [0.25, 0.3) is 0 Å². The summed E-state index contributed by atoms with van der Waals surface area (Å²) < 4.78 is 16.9. The van der Waals surface area contributed by atoms with Crippen molar-refractivity contribution in [2.24, 2.45) is 0 Å².